The second-order valence-corrected chi connectivity index (χ2v) is 5.01. The van der Waals surface area contributed by atoms with Crippen molar-refractivity contribution in [2.75, 3.05) is 13.2 Å². The van der Waals surface area contributed by atoms with Gasteiger partial charge in [-0.15, -0.1) is 0 Å². The van der Waals surface area contributed by atoms with Crippen LogP contribution < -0.4 is 5.73 Å². The second kappa shape index (κ2) is 10.6. The normalized spacial score (nSPS) is 14.2. The van der Waals surface area contributed by atoms with Crippen LogP contribution in [0.25, 0.3) is 0 Å². The van der Waals surface area contributed by atoms with Gasteiger partial charge in [0.05, 0.1) is 6.07 Å². The molecule has 0 aromatic heterocycles. The SMILES string of the molecule is CCCCCCCOCCCCC(C)(N)C#N. The van der Waals surface area contributed by atoms with Crippen molar-refractivity contribution in [2.24, 2.45) is 5.73 Å². The van der Waals surface area contributed by atoms with Gasteiger partial charge in [0, 0.05) is 13.2 Å². The van der Waals surface area contributed by atoms with E-state index in [1.165, 1.54) is 32.1 Å². The van der Waals surface area contributed by atoms with Gasteiger partial charge in [-0.3, -0.25) is 0 Å². The number of hydrogen-bond acceptors (Lipinski definition) is 3. The summed E-state index contributed by atoms with van der Waals surface area (Å²) in [7, 11) is 0. The molecule has 0 spiro atoms. The molecule has 17 heavy (non-hydrogen) atoms. The Hall–Kier alpha value is -0.590. The van der Waals surface area contributed by atoms with Gasteiger partial charge in [-0.1, -0.05) is 32.6 Å². The van der Waals surface area contributed by atoms with Crippen molar-refractivity contribution in [1.82, 2.24) is 0 Å². The number of nitrogens with two attached hydrogens (primary N) is 1. The average Bonchev–Trinajstić information content (AvgIpc) is 2.31. The summed E-state index contributed by atoms with van der Waals surface area (Å²) in [5, 5.41) is 8.73. The highest BCUT2D eigenvalue weighted by Crippen LogP contribution is 2.09. The van der Waals surface area contributed by atoms with Gasteiger partial charge in [-0.05, 0) is 32.6 Å². The number of nitriles is 1. The number of ether oxygens (including phenoxy) is 1. The molecule has 3 nitrogen and oxygen atoms in total. The topological polar surface area (TPSA) is 59.0 Å². The Morgan fingerprint density at radius 3 is 2.24 bits per heavy atom. The molecule has 0 aromatic carbocycles. The van der Waals surface area contributed by atoms with E-state index in [2.05, 4.69) is 13.0 Å². The summed E-state index contributed by atoms with van der Waals surface area (Å²) in [6, 6.07) is 2.11. The Bertz CT molecular complexity index is 209. The van der Waals surface area contributed by atoms with Crippen LogP contribution in [0.2, 0.25) is 0 Å². The van der Waals surface area contributed by atoms with Crippen LogP contribution in [0.15, 0.2) is 0 Å². The second-order valence-electron chi connectivity index (χ2n) is 5.01. The first-order valence-corrected chi connectivity index (χ1v) is 6.90. The zero-order valence-corrected chi connectivity index (χ0v) is 11.5. The minimum atomic E-state index is -0.667. The molecule has 1 unspecified atom stereocenters. The van der Waals surface area contributed by atoms with Gasteiger partial charge in [-0.25, -0.2) is 0 Å². The van der Waals surface area contributed by atoms with Crippen molar-refractivity contribution in [1.29, 1.82) is 5.26 Å². The molecule has 2 N–H and O–H groups in total. The lowest BCUT2D eigenvalue weighted by Gasteiger charge is -2.14. The standard InChI is InChI=1S/C14H28N2O/c1-3-4-5-6-8-11-17-12-9-7-10-14(2,16)13-15/h3-12,16H2,1-2H3. The maximum Gasteiger partial charge on any atom is 0.101 e. The van der Waals surface area contributed by atoms with Gasteiger partial charge in [0.25, 0.3) is 0 Å². The van der Waals surface area contributed by atoms with Crippen molar-refractivity contribution in [3.63, 3.8) is 0 Å². The monoisotopic (exact) mass is 240 g/mol. The third kappa shape index (κ3) is 11.7. The highest BCUT2D eigenvalue weighted by Gasteiger charge is 2.15. The number of unbranched alkanes of at least 4 members (excludes halogenated alkanes) is 5. The van der Waals surface area contributed by atoms with E-state index in [-0.39, 0.29) is 0 Å². The summed E-state index contributed by atoms with van der Waals surface area (Å²) < 4.78 is 5.54. The van der Waals surface area contributed by atoms with Crippen LogP contribution in [0.3, 0.4) is 0 Å². The molecule has 0 amide bonds. The molecule has 0 aliphatic heterocycles. The van der Waals surface area contributed by atoms with E-state index in [0.29, 0.717) is 0 Å². The van der Waals surface area contributed by atoms with E-state index in [9.17, 15) is 0 Å². The van der Waals surface area contributed by atoms with Gasteiger partial charge < -0.3 is 10.5 Å². The van der Waals surface area contributed by atoms with Gasteiger partial charge >= 0.3 is 0 Å². The molecule has 100 valence electrons. The molecule has 0 aliphatic rings. The van der Waals surface area contributed by atoms with Crippen LogP contribution in [-0.4, -0.2) is 18.8 Å². The molecule has 3 heteroatoms. The third-order valence-electron chi connectivity index (χ3n) is 2.88. The van der Waals surface area contributed by atoms with Crippen LogP contribution in [0.5, 0.6) is 0 Å². The van der Waals surface area contributed by atoms with Gasteiger partial charge in [-0.2, -0.15) is 5.26 Å². The minimum Gasteiger partial charge on any atom is -0.381 e. The van der Waals surface area contributed by atoms with E-state index in [4.69, 9.17) is 15.7 Å². The van der Waals surface area contributed by atoms with Gasteiger partial charge in [0.15, 0.2) is 0 Å². The van der Waals surface area contributed by atoms with E-state index in [1.807, 2.05) is 0 Å². The summed E-state index contributed by atoms with van der Waals surface area (Å²) in [6.07, 6.45) is 9.13. The lowest BCUT2D eigenvalue weighted by Crippen LogP contribution is -2.33. The maximum absolute atomic E-state index is 8.73. The van der Waals surface area contributed by atoms with E-state index >= 15 is 0 Å². The molecule has 0 heterocycles. The zero-order valence-electron chi connectivity index (χ0n) is 11.5. The lowest BCUT2D eigenvalue weighted by atomic mass is 9.98. The third-order valence-corrected chi connectivity index (χ3v) is 2.88. The molecule has 0 aliphatic carbocycles. The summed E-state index contributed by atoms with van der Waals surface area (Å²) in [5.41, 5.74) is 5.06. The largest absolute Gasteiger partial charge is 0.381 e. The Morgan fingerprint density at radius 1 is 1.06 bits per heavy atom. The van der Waals surface area contributed by atoms with E-state index in [1.54, 1.807) is 6.92 Å². The van der Waals surface area contributed by atoms with Crippen molar-refractivity contribution in [3.8, 4) is 6.07 Å². The predicted octanol–water partition coefficient (Wildman–Crippen LogP) is 3.38. The summed E-state index contributed by atoms with van der Waals surface area (Å²) in [6.45, 7) is 5.68. The molecular weight excluding hydrogens is 212 g/mol. The fraction of sp³-hybridized carbons (Fsp3) is 0.929. The first-order valence-electron chi connectivity index (χ1n) is 6.90. The molecule has 0 fully saturated rings. The van der Waals surface area contributed by atoms with Gasteiger partial charge in [0.1, 0.15) is 5.54 Å². The molecule has 0 saturated carbocycles. The zero-order chi connectivity index (χ0) is 13.0. The summed E-state index contributed by atoms with van der Waals surface area (Å²) >= 11 is 0. The fourth-order valence-electron chi connectivity index (χ4n) is 1.66. The van der Waals surface area contributed by atoms with Crippen molar-refractivity contribution in [3.05, 3.63) is 0 Å². The Kier molecular flexibility index (Phi) is 10.2. The van der Waals surface area contributed by atoms with Gasteiger partial charge in [0.2, 0.25) is 0 Å². The van der Waals surface area contributed by atoms with Crippen LogP contribution in [-0.2, 0) is 4.74 Å². The fourth-order valence-corrected chi connectivity index (χ4v) is 1.66. The highest BCUT2D eigenvalue weighted by molar-refractivity contribution is 5.00. The molecule has 0 saturated heterocycles. The minimum absolute atomic E-state index is 0.667. The molecule has 0 aromatic rings. The van der Waals surface area contributed by atoms with E-state index < -0.39 is 5.54 Å². The molecule has 0 bridgehead atoms. The van der Waals surface area contributed by atoms with Crippen molar-refractivity contribution >= 4 is 0 Å². The molecule has 0 radical (unpaired) electrons. The summed E-state index contributed by atoms with van der Waals surface area (Å²) in [4.78, 5) is 0. The van der Waals surface area contributed by atoms with Crippen molar-refractivity contribution in [2.45, 2.75) is 70.8 Å². The molecule has 0 rings (SSSR count). The first kappa shape index (κ1) is 16.4. The van der Waals surface area contributed by atoms with E-state index in [0.717, 1.165) is 32.5 Å². The van der Waals surface area contributed by atoms with Crippen LogP contribution in [0.4, 0.5) is 0 Å². The molecule has 1 atom stereocenters. The number of rotatable bonds is 11. The summed E-state index contributed by atoms with van der Waals surface area (Å²) in [5.74, 6) is 0. The Labute approximate surface area is 106 Å². The van der Waals surface area contributed by atoms with Crippen molar-refractivity contribution < 1.29 is 4.74 Å². The average molecular weight is 240 g/mol. The smallest absolute Gasteiger partial charge is 0.101 e. The Morgan fingerprint density at radius 2 is 1.65 bits per heavy atom. The first-order chi connectivity index (χ1) is 8.12. The van der Waals surface area contributed by atoms with Crippen LogP contribution in [0.1, 0.15) is 65.2 Å². The van der Waals surface area contributed by atoms with Crippen LogP contribution >= 0.6 is 0 Å². The molecular formula is C14H28N2O. The maximum atomic E-state index is 8.73. The Balaban J connectivity index is 3.12. The lowest BCUT2D eigenvalue weighted by molar-refractivity contribution is 0.125. The number of hydrogen-bond donors (Lipinski definition) is 1. The van der Waals surface area contributed by atoms with Crippen LogP contribution in [0, 0.1) is 11.3 Å². The number of nitrogens with zero attached hydrogens (tertiary/aromatic N) is 1. The quantitative estimate of drug-likeness (QED) is 0.563. The highest BCUT2D eigenvalue weighted by atomic mass is 16.5. The predicted molar refractivity (Wildman–Crippen MR) is 71.6 cm³/mol.